The Hall–Kier alpha value is -2.49. The molecule has 2 aromatic carbocycles. The summed E-state index contributed by atoms with van der Waals surface area (Å²) in [5.41, 5.74) is 1.34. The lowest BCUT2D eigenvalue weighted by Gasteiger charge is -2.26. The number of phenols is 1. The third-order valence-electron chi connectivity index (χ3n) is 3.36. The molecule has 0 fully saturated rings. The van der Waals surface area contributed by atoms with E-state index in [2.05, 4.69) is 0 Å². The number of rotatable bonds is 2. The Labute approximate surface area is 116 Å². The SMILES string of the molecule is COc1cc(O)cc2c1C(=O)C[C@H](c1ccccc1)O2. The van der Waals surface area contributed by atoms with Crippen molar-refractivity contribution in [3.05, 3.63) is 53.6 Å². The highest BCUT2D eigenvalue weighted by atomic mass is 16.5. The molecule has 1 N–H and O–H groups in total. The van der Waals surface area contributed by atoms with Gasteiger partial charge in [0.25, 0.3) is 0 Å². The highest BCUT2D eigenvalue weighted by Gasteiger charge is 2.31. The van der Waals surface area contributed by atoms with Crippen molar-refractivity contribution < 1.29 is 19.4 Å². The molecule has 20 heavy (non-hydrogen) atoms. The molecule has 0 bridgehead atoms. The first kappa shape index (κ1) is 12.5. The van der Waals surface area contributed by atoms with Gasteiger partial charge in [0.2, 0.25) is 0 Å². The summed E-state index contributed by atoms with van der Waals surface area (Å²) in [5, 5.41) is 9.67. The number of methoxy groups -OCH3 is 1. The molecule has 4 nitrogen and oxygen atoms in total. The number of hydrogen-bond donors (Lipinski definition) is 1. The second kappa shape index (κ2) is 4.89. The number of aromatic hydroxyl groups is 1. The summed E-state index contributed by atoms with van der Waals surface area (Å²) in [6.07, 6.45) is -0.0688. The van der Waals surface area contributed by atoms with Gasteiger partial charge in [0.05, 0.1) is 13.5 Å². The van der Waals surface area contributed by atoms with Gasteiger partial charge < -0.3 is 14.6 Å². The molecule has 0 saturated heterocycles. The Balaban J connectivity index is 2.03. The minimum Gasteiger partial charge on any atom is -0.508 e. The smallest absolute Gasteiger partial charge is 0.174 e. The van der Waals surface area contributed by atoms with E-state index in [9.17, 15) is 9.90 Å². The maximum Gasteiger partial charge on any atom is 0.174 e. The number of carbonyl (C=O) groups excluding carboxylic acids is 1. The first-order valence-electron chi connectivity index (χ1n) is 6.35. The van der Waals surface area contributed by atoms with Crippen molar-refractivity contribution in [3.8, 4) is 17.2 Å². The summed E-state index contributed by atoms with van der Waals surface area (Å²) in [6.45, 7) is 0. The van der Waals surface area contributed by atoms with E-state index >= 15 is 0 Å². The van der Waals surface area contributed by atoms with Gasteiger partial charge in [-0.25, -0.2) is 0 Å². The molecule has 4 heteroatoms. The molecule has 1 aliphatic heterocycles. The molecule has 0 aliphatic carbocycles. The van der Waals surface area contributed by atoms with Gasteiger partial charge in [0.1, 0.15) is 28.9 Å². The average molecular weight is 270 g/mol. The van der Waals surface area contributed by atoms with E-state index in [0.29, 0.717) is 17.1 Å². The Morgan fingerprint density at radius 2 is 2.00 bits per heavy atom. The van der Waals surface area contributed by atoms with Crippen molar-refractivity contribution in [1.82, 2.24) is 0 Å². The maximum atomic E-state index is 12.3. The van der Waals surface area contributed by atoms with Gasteiger partial charge in [-0.15, -0.1) is 0 Å². The molecule has 1 aliphatic rings. The van der Waals surface area contributed by atoms with Crippen molar-refractivity contribution in [3.63, 3.8) is 0 Å². The fourth-order valence-corrected chi connectivity index (χ4v) is 2.42. The molecule has 0 radical (unpaired) electrons. The first-order chi connectivity index (χ1) is 9.69. The van der Waals surface area contributed by atoms with Crippen LogP contribution in [0.1, 0.15) is 28.4 Å². The van der Waals surface area contributed by atoms with E-state index in [0.717, 1.165) is 5.56 Å². The van der Waals surface area contributed by atoms with Crippen molar-refractivity contribution in [2.24, 2.45) is 0 Å². The molecule has 1 heterocycles. The van der Waals surface area contributed by atoms with Crippen LogP contribution in [0.4, 0.5) is 0 Å². The van der Waals surface area contributed by atoms with E-state index in [1.807, 2.05) is 30.3 Å². The predicted molar refractivity (Wildman–Crippen MR) is 73.4 cm³/mol. The van der Waals surface area contributed by atoms with Crippen LogP contribution in [-0.2, 0) is 0 Å². The third-order valence-corrected chi connectivity index (χ3v) is 3.36. The van der Waals surface area contributed by atoms with Crippen molar-refractivity contribution in [2.75, 3.05) is 7.11 Å². The number of ether oxygens (including phenoxy) is 2. The lowest BCUT2D eigenvalue weighted by atomic mass is 9.95. The summed E-state index contributed by atoms with van der Waals surface area (Å²) in [5.74, 6) is 0.683. The Morgan fingerprint density at radius 1 is 1.25 bits per heavy atom. The summed E-state index contributed by atoms with van der Waals surface area (Å²) in [7, 11) is 1.46. The Bertz CT molecular complexity index is 649. The highest BCUT2D eigenvalue weighted by molar-refractivity contribution is 6.02. The number of fused-ring (bicyclic) bond motifs is 1. The van der Waals surface area contributed by atoms with E-state index in [-0.39, 0.29) is 24.1 Å². The minimum atomic E-state index is -0.331. The summed E-state index contributed by atoms with van der Waals surface area (Å²) >= 11 is 0. The van der Waals surface area contributed by atoms with E-state index in [1.165, 1.54) is 19.2 Å². The maximum absolute atomic E-state index is 12.3. The average Bonchev–Trinajstić information content (AvgIpc) is 2.46. The van der Waals surface area contributed by atoms with E-state index < -0.39 is 0 Å². The van der Waals surface area contributed by atoms with Gasteiger partial charge in [0.15, 0.2) is 5.78 Å². The lowest BCUT2D eigenvalue weighted by Crippen LogP contribution is -2.21. The van der Waals surface area contributed by atoms with Gasteiger partial charge >= 0.3 is 0 Å². The van der Waals surface area contributed by atoms with Gasteiger partial charge in [0, 0.05) is 12.1 Å². The number of hydrogen-bond acceptors (Lipinski definition) is 4. The van der Waals surface area contributed by atoms with Gasteiger partial charge in [-0.3, -0.25) is 4.79 Å². The molecule has 0 unspecified atom stereocenters. The van der Waals surface area contributed by atoms with Crippen LogP contribution in [0.5, 0.6) is 17.2 Å². The topological polar surface area (TPSA) is 55.8 Å². The van der Waals surface area contributed by atoms with Crippen LogP contribution in [0.3, 0.4) is 0 Å². The lowest BCUT2D eigenvalue weighted by molar-refractivity contribution is 0.0844. The summed E-state index contributed by atoms with van der Waals surface area (Å²) in [4.78, 5) is 12.3. The third kappa shape index (κ3) is 2.09. The normalized spacial score (nSPS) is 17.2. The summed E-state index contributed by atoms with van der Waals surface area (Å²) < 4.78 is 11.0. The number of ketones is 1. The zero-order chi connectivity index (χ0) is 14.1. The largest absolute Gasteiger partial charge is 0.508 e. The van der Waals surface area contributed by atoms with Crippen molar-refractivity contribution in [2.45, 2.75) is 12.5 Å². The number of Topliss-reactive ketones (excluding diaryl/α,β-unsaturated/α-hetero) is 1. The standard InChI is InChI=1S/C16H14O4/c1-19-14-7-11(17)8-15-16(14)12(18)9-13(20-15)10-5-3-2-4-6-10/h2-8,13,17H,9H2,1H3/t13-/m1/s1. The molecule has 0 aromatic heterocycles. The van der Waals surface area contributed by atoms with Crippen LogP contribution in [0, 0.1) is 0 Å². The molecule has 1 atom stereocenters. The zero-order valence-corrected chi connectivity index (χ0v) is 11.0. The van der Waals surface area contributed by atoms with Crippen LogP contribution in [-0.4, -0.2) is 18.0 Å². The van der Waals surface area contributed by atoms with Crippen LogP contribution >= 0.6 is 0 Å². The molecule has 0 spiro atoms. The quantitative estimate of drug-likeness (QED) is 0.911. The Kier molecular flexibility index (Phi) is 3.06. The molecule has 3 rings (SSSR count). The molecule has 2 aromatic rings. The Morgan fingerprint density at radius 3 is 2.70 bits per heavy atom. The van der Waals surface area contributed by atoms with E-state index in [1.54, 1.807) is 0 Å². The second-order valence-electron chi connectivity index (χ2n) is 4.67. The van der Waals surface area contributed by atoms with Crippen LogP contribution in [0.2, 0.25) is 0 Å². The zero-order valence-electron chi connectivity index (χ0n) is 11.0. The van der Waals surface area contributed by atoms with Crippen molar-refractivity contribution in [1.29, 1.82) is 0 Å². The molecule has 0 amide bonds. The number of carbonyl (C=O) groups is 1. The summed E-state index contributed by atoms with van der Waals surface area (Å²) in [6, 6.07) is 12.4. The predicted octanol–water partition coefficient (Wildman–Crippen LogP) is 3.11. The van der Waals surface area contributed by atoms with E-state index in [4.69, 9.17) is 9.47 Å². The first-order valence-corrected chi connectivity index (χ1v) is 6.35. The number of benzene rings is 2. The number of phenolic OH excluding ortho intramolecular Hbond substituents is 1. The van der Waals surface area contributed by atoms with Crippen LogP contribution < -0.4 is 9.47 Å². The molecule has 0 saturated carbocycles. The molecule has 102 valence electrons. The van der Waals surface area contributed by atoms with Gasteiger partial charge in [-0.2, -0.15) is 0 Å². The second-order valence-corrected chi connectivity index (χ2v) is 4.67. The highest BCUT2D eigenvalue weighted by Crippen LogP contribution is 2.41. The van der Waals surface area contributed by atoms with Gasteiger partial charge in [-0.1, -0.05) is 30.3 Å². The van der Waals surface area contributed by atoms with Crippen LogP contribution in [0.25, 0.3) is 0 Å². The molecular weight excluding hydrogens is 256 g/mol. The van der Waals surface area contributed by atoms with Crippen molar-refractivity contribution >= 4 is 5.78 Å². The van der Waals surface area contributed by atoms with Crippen LogP contribution in [0.15, 0.2) is 42.5 Å². The minimum absolute atomic E-state index is 0.0158. The van der Waals surface area contributed by atoms with Gasteiger partial charge in [-0.05, 0) is 5.56 Å². The fourth-order valence-electron chi connectivity index (χ4n) is 2.42. The monoisotopic (exact) mass is 270 g/mol. The fraction of sp³-hybridized carbons (Fsp3) is 0.188. The molecular formula is C16H14O4.